The van der Waals surface area contributed by atoms with Crippen LogP contribution in [-0.4, -0.2) is 11.3 Å². The second-order valence-corrected chi connectivity index (χ2v) is 4.66. The predicted octanol–water partition coefficient (Wildman–Crippen LogP) is 3.93. The minimum Gasteiger partial charge on any atom is -0.297 e. The Bertz CT molecular complexity index is 490. The first kappa shape index (κ1) is 10.6. The molecule has 0 aliphatic carbocycles. The third-order valence-corrected chi connectivity index (χ3v) is 3.39. The van der Waals surface area contributed by atoms with Crippen molar-refractivity contribution < 1.29 is 4.79 Å². The van der Waals surface area contributed by atoms with E-state index in [2.05, 4.69) is 4.98 Å². The number of halogens is 2. The van der Waals surface area contributed by atoms with Gasteiger partial charge in [0.05, 0.1) is 14.9 Å². The van der Waals surface area contributed by atoms with Crippen LogP contribution in [0.15, 0.2) is 24.4 Å². The molecule has 0 saturated heterocycles. The number of benzene rings is 1. The molecular formula is C10H5Cl2NOS. The van der Waals surface area contributed by atoms with Crippen LogP contribution in [0.4, 0.5) is 0 Å². The van der Waals surface area contributed by atoms with E-state index in [0.717, 1.165) is 6.29 Å². The molecule has 0 atom stereocenters. The highest BCUT2D eigenvalue weighted by Gasteiger charge is 2.11. The summed E-state index contributed by atoms with van der Waals surface area (Å²) in [5.74, 6) is 0. The number of aromatic nitrogens is 1. The van der Waals surface area contributed by atoms with Gasteiger partial charge in [-0.05, 0) is 12.1 Å². The van der Waals surface area contributed by atoms with E-state index in [1.165, 1.54) is 17.5 Å². The van der Waals surface area contributed by atoms with Gasteiger partial charge in [0.15, 0.2) is 6.29 Å². The molecular weight excluding hydrogens is 253 g/mol. The summed E-state index contributed by atoms with van der Waals surface area (Å²) >= 11 is 13.3. The van der Waals surface area contributed by atoms with E-state index in [-0.39, 0.29) is 0 Å². The number of aldehydes is 1. The third kappa shape index (κ3) is 2.04. The Labute approximate surface area is 100 Å². The normalized spacial score (nSPS) is 10.3. The lowest BCUT2D eigenvalue weighted by atomic mass is 10.2. The highest BCUT2D eigenvalue weighted by Crippen LogP contribution is 2.36. The predicted molar refractivity (Wildman–Crippen MR) is 63.0 cm³/mol. The number of carbonyl (C=O) groups excluding carboxylic acids is 1. The van der Waals surface area contributed by atoms with Gasteiger partial charge in [0.25, 0.3) is 0 Å². The molecule has 5 heteroatoms. The molecule has 0 radical (unpaired) electrons. The van der Waals surface area contributed by atoms with E-state index in [1.54, 1.807) is 18.2 Å². The second-order valence-electron chi connectivity index (χ2n) is 2.78. The van der Waals surface area contributed by atoms with Crippen molar-refractivity contribution in [1.29, 1.82) is 0 Å². The fourth-order valence-corrected chi connectivity index (χ4v) is 2.65. The molecule has 2 nitrogen and oxygen atoms in total. The van der Waals surface area contributed by atoms with Crippen molar-refractivity contribution in [3.05, 3.63) is 39.3 Å². The van der Waals surface area contributed by atoms with Crippen LogP contribution in [0.1, 0.15) is 9.67 Å². The van der Waals surface area contributed by atoms with Crippen LogP contribution >= 0.6 is 34.5 Å². The van der Waals surface area contributed by atoms with Crippen molar-refractivity contribution in [3.63, 3.8) is 0 Å². The molecule has 0 spiro atoms. The number of carbonyl (C=O) groups is 1. The van der Waals surface area contributed by atoms with E-state index < -0.39 is 0 Å². The largest absolute Gasteiger partial charge is 0.297 e. The maximum atomic E-state index is 10.5. The molecule has 76 valence electrons. The zero-order valence-electron chi connectivity index (χ0n) is 7.41. The molecule has 1 aromatic carbocycles. The van der Waals surface area contributed by atoms with Crippen LogP contribution < -0.4 is 0 Å². The molecule has 1 heterocycles. The Morgan fingerprint density at radius 1 is 1.27 bits per heavy atom. The number of hydrogen-bond acceptors (Lipinski definition) is 3. The molecule has 2 aromatic rings. The van der Waals surface area contributed by atoms with Crippen LogP contribution in [0.5, 0.6) is 0 Å². The first-order valence-electron chi connectivity index (χ1n) is 4.08. The van der Waals surface area contributed by atoms with Gasteiger partial charge < -0.3 is 0 Å². The highest BCUT2D eigenvalue weighted by atomic mass is 35.5. The fraction of sp³-hybridized carbons (Fsp3) is 0. The number of hydrogen-bond donors (Lipinski definition) is 0. The number of rotatable bonds is 2. The van der Waals surface area contributed by atoms with E-state index in [9.17, 15) is 4.79 Å². The molecule has 0 N–H and O–H groups in total. The molecule has 0 unspecified atom stereocenters. The van der Waals surface area contributed by atoms with Crippen molar-refractivity contribution in [2.45, 2.75) is 0 Å². The average Bonchev–Trinajstić information content (AvgIpc) is 2.66. The lowest BCUT2D eigenvalue weighted by Gasteiger charge is -2.01. The fourth-order valence-electron chi connectivity index (χ4n) is 1.16. The summed E-state index contributed by atoms with van der Waals surface area (Å²) < 4.78 is 0. The first-order chi connectivity index (χ1) is 7.22. The maximum absolute atomic E-state index is 10.5. The molecule has 0 aliphatic heterocycles. The molecule has 15 heavy (non-hydrogen) atoms. The summed E-state index contributed by atoms with van der Waals surface area (Å²) in [6.45, 7) is 0. The molecule has 1 aromatic heterocycles. The van der Waals surface area contributed by atoms with E-state index in [1.807, 2.05) is 0 Å². The van der Waals surface area contributed by atoms with Gasteiger partial charge in [-0.25, -0.2) is 4.98 Å². The van der Waals surface area contributed by atoms with Gasteiger partial charge in [0.1, 0.15) is 5.01 Å². The van der Waals surface area contributed by atoms with Crippen molar-refractivity contribution in [3.8, 4) is 10.6 Å². The third-order valence-electron chi connectivity index (χ3n) is 1.82. The molecule has 0 saturated carbocycles. The molecule has 0 fully saturated rings. The SMILES string of the molecule is O=Cc1cnc(-c2c(Cl)cccc2Cl)s1. The lowest BCUT2D eigenvalue weighted by Crippen LogP contribution is -1.79. The smallest absolute Gasteiger partial charge is 0.161 e. The van der Waals surface area contributed by atoms with Crippen molar-refractivity contribution in [2.24, 2.45) is 0 Å². The minimum atomic E-state index is 0.536. The minimum absolute atomic E-state index is 0.536. The van der Waals surface area contributed by atoms with Crippen LogP contribution in [0.25, 0.3) is 10.6 Å². The summed E-state index contributed by atoms with van der Waals surface area (Å²) in [6, 6.07) is 5.25. The average molecular weight is 258 g/mol. The Kier molecular flexibility index (Phi) is 3.05. The van der Waals surface area contributed by atoms with E-state index in [0.29, 0.717) is 25.5 Å². The zero-order chi connectivity index (χ0) is 10.8. The van der Waals surface area contributed by atoms with Gasteiger partial charge >= 0.3 is 0 Å². The Hall–Kier alpha value is -0.900. The van der Waals surface area contributed by atoms with Gasteiger partial charge in [-0.1, -0.05) is 29.3 Å². The van der Waals surface area contributed by atoms with Crippen LogP contribution in [0.2, 0.25) is 10.0 Å². The molecule has 2 rings (SSSR count). The van der Waals surface area contributed by atoms with Gasteiger partial charge in [-0.3, -0.25) is 4.79 Å². The van der Waals surface area contributed by atoms with Crippen molar-refractivity contribution >= 4 is 40.8 Å². The van der Waals surface area contributed by atoms with Crippen LogP contribution in [-0.2, 0) is 0 Å². The second kappa shape index (κ2) is 4.31. The lowest BCUT2D eigenvalue weighted by molar-refractivity contribution is 0.112. The summed E-state index contributed by atoms with van der Waals surface area (Å²) in [7, 11) is 0. The van der Waals surface area contributed by atoms with Crippen molar-refractivity contribution in [2.75, 3.05) is 0 Å². The van der Waals surface area contributed by atoms with Crippen LogP contribution in [0.3, 0.4) is 0 Å². The Morgan fingerprint density at radius 2 is 1.93 bits per heavy atom. The maximum Gasteiger partial charge on any atom is 0.161 e. The van der Waals surface area contributed by atoms with Gasteiger partial charge in [0.2, 0.25) is 0 Å². The standard InChI is InChI=1S/C10H5Cl2NOS/c11-7-2-1-3-8(12)9(7)10-13-4-6(5-14)15-10/h1-5H. The van der Waals surface area contributed by atoms with Gasteiger partial charge in [-0.15, -0.1) is 11.3 Å². The quantitative estimate of drug-likeness (QED) is 0.764. The van der Waals surface area contributed by atoms with E-state index in [4.69, 9.17) is 23.2 Å². The Balaban J connectivity index is 2.58. The summed E-state index contributed by atoms with van der Waals surface area (Å²) in [6.07, 6.45) is 2.26. The number of thiazole rings is 1. The molecule has 0 aliphatic rings. The van der Waals surface area contributed by atoms with Crippen LogP contribution in [0, 0.1) is 0 Å². The molecule has 0 bridgehead atoms. The van der Waals surface area contributed by atoms with Crippen molar-refractivity contribution in [1.82, 2.24) is 4.98 Å². The molecule has 0 amide bonds. The highest BCUT2D eigenvalue weighted by molar-refractivity contribution is 7.16. The first-order valence-corrected chi connectivity index (χ1v) is 5.65. The zero-order valence-corrected chi connectivity index (χ0v) is 9.73. The summed E-state index contributed by atoms with van der Waals surface area (Å²) in [5, 5.41) is 1.73. The topological polar surface area (TPSA) is 30.0 Å². The van der Waals surface area contributed by atoms with Gasteiger partial charge in [0, 0.05) is 11.8 Å². The Morgan fingerprint density at radius 3 is 2.47 bits per heavy atom. The number of nitrogens with zero attached hydrogens (tertiary/aromatic N) is 1. The van der Waals surface area contributed by atoms with E-state index >= 15 is 0 Å². The van der Waals surface area contributed by atoms with Gasteiger partial charge in [-0.2, -0.15) is 0 Å². The monoisotopic (exact) mass is 257 g/mol. The summed E-state index contributed by atoms with van der Waals surface area (Å²) in [4.78, 5) is 15.2. The summed E-state index contributed by atoms with van der Waals surface area (Å²) in [5.41, 5.74) is 0.680.